The normalized spacial score (nSPS) is 10.8. The van der Waals surface area contributed by atoms with E-state index in [0.29, 0.717) is 16.7 Å². The van der Waals surface area contributed by atoms with Crippen LogP contribution in [0.1, 0.15) is 5.56 Å². The van der Waals surface area contributed by atoms with E-state index in [1.165, 1.54) is 48.5 Å². The maximum Gasteiger partial charge on any atom is 0.328 e. The lowest BCUT2D eigenvalue weighted by Crippen LogP contribution is -1.88. The van der Waals surface area contributed by atoms with E-state index in [1.54, 1.807) is 0 Å². The molecule has 0 amide bonds. The maximum absolute atomic E-state index is 13.7. The first-order chi connectivity index (χ1) is 9.06. The van der Waals surface area contributed by atoms with Crippen molar-refractivity contribution < 1.29 is 18.7 Å². The number of carbonyl (C=O) groups is 1. The van der Waals surface area contributed by atoms with E-state index >= 15 is 0 Å². The van der Waals surface area contributed by atoms with Gasteiger partial charge < -0.3 is 5.11 Å². The molecule has 2 aromatic rings. The molecule has 0 aliphatic carbocycles. The number of carboxylic acids is 1. The second kappa shape index (κ2) is 5.44. The van der Waals surface area contributed by atoms with Gasteiger partial charge in [-0.1, -0.05) is 18.2 Å². The highest BCUT2D eigenvalue weighted by Gasteiger charge is 2.05. The van der Waals surface area contributed by atoms with Crippen LogP contribution in [0, 0.1) is 11.6 Å². The summed E-state index contributed by atoms with van der Waals surface area (Å²) in [6.45, 7) is 0. The summed E-state index contributed by atoms with van der Waals surface area (Å²) < 4.78 is 26.5. The monoisotopic (exact) mass is 260 g/mol. The van der Waals surface area contributed by atoms with Gasteiger partial charge >= 0.3 is 5.97 Å². The van der Waals surface area contributed by atoms with Crippen LogP contribution in [-0.2, 0) is 4.79 Å². The van der Waals surface area contributed by atoms with Crippen LogP contribution in [-0.4, -0.2) is 11.1 Å². The molecule has 2 rings (SSSR count). The van der Waals surface area contributed by atoms with Gasteiger partial charge in [-0.3, -0.25) is 0 Å². The number of aliphatic carboxylic acids is 1. The molecule has 0 aliphatic heterocycles. The zero-order valence-electron chi connectivity index (χ0n) is 9.81. The fourth-order valence-corrected chi connectivity index (χ4v) is 1.66. The van der Waals surface area contributed by atoms with Crippen LogP contribution in [0.2, 0.25) is 0 Å². The second-order valence-electron chi connectivity index (χ2n) is 3.92. The third-order valence-electron chi connectivity index (χ3n) is 2.56. The van der Waals surface area contributed by atoms with Crippen molar-refractivity contribution in [3.63, 3.8) is 0 Å². The zero-order valence-corrected chi connectivity index (χ0v) is 9.81. The highest BCUT2D eigenvalue weighted by molar-refractivity contribution is 5.85. The van der Waals surface area contributed by atoms with Crippen LogP contribution in [0.4, 0.5) is 8.78 Å². The second-order valence-corrected chi connectivity index (χ2v) is 3.92. The molecule has 0 fully saturated rings. The van der Waals surface area contributed by atoms with E-state index in [9.17, 15) is 13.6 Å². The van der Waals surface area contributed by atoms with Crippen molar-refractivity contribution in [3.05, 3.63) is 65.7 Å². The van der Waals surface area contributed by atoms with Gasteiger partial charge in [-0.25, -0.2) is 13.6 Å². The Hall–Kier alpha value is -2.49. The third-order valence-corrected chi connectivity index (χ3v) is 2.56. The lowest BCUT2D eigenvalue weighted by Gasteiger charge is -2.05. The summed E-state index contributed by atoms with van der Waals surface area (Å²) in [5, 5.41) is 8.54. The van der Waals surface area contributed by atoms with Crippen LogP contribution < -0.4 is 0 Å². The first-order valence-corrected chi connectivity index (χ1v) is 5.53. The first-order valence-electron chi connectivity index (χ1n) is 5.53. The topological polar surface area (TPSA) is 37.3 Å². The zero-order chi connectivity index (χ0) is 13.8. The molecular weight excluding hydrogens is 250 g/mol. The van der Waals surface area contributed by atoms with Gasteiger partial charge in [0.25, 0.3) is 0 Å². The molecule has 2 nitrogen and oxygen atoms in total. The number of halogens is 2. The molecule has 0 heterocycles. The molecule has 0 saturated carbocycles. The molecule has 2 aromatic carbocycles. The summed E-state index contributed by atoms with van der Waals surface area (Å²) >= 11 is 0. The van der Waals surface area contributed by atoms with E-state index in [-0.39, 0.29) is 0 Å². The Morgan fingerprint density at radius 1 is 1.05 bits per heavy atom. The Morgan fingerprint density at radius 3 is 2.37 bits per heavy atom. The van der Waals surface area contributed by atoms with Gasteiger partial charge in [0.15, 0.2) is 0 Å². The van der Waals surface area contributed by atoms with Crippen molar-refractivity contribution in [1.82, 2.24) is 0 Å². The van der Waals surface area contributed by atoms with Crippen molar-refractivity contribution in [2.75, 3.05) is 0 Å². The minimum atomic E-state index is -1.08. The van der Waals surface area contributed by atoms with Gasteiger partial charge in [-0.15, -0.1) is 0 Å². The van der Waals surface area contributed by atoms with E-state index in [1.807, 2.05) is 0 Å². The Balaban J connectivity index is 2.42. The lowest BCUT2D eigenvalue weighted by molar-refractivity contribution is -0.131. The van der Waals surface area contributed by atoms with Crippen molar-refractivity contribution >= 4 is 12.0 Å². The van der Waals surface area contributed by atoms with Gasteiger partial charge in [-0.05, 0) is 41.5 Å². The predicted molar refractivity (Wildman–Crippen MR) is 68.5 cm³/mol. The van der Waals surface area contributed by atoms with Gasteiger partial charge in [-0.2, -0.15) is 0 Å². The van der Waals surface area contributed by atoms with Crippen LogP contribution in [0.3, 0.4) is 0 Å². The van der Waals surface area contributed by atoms with Crippen molar-refractivity contribution in [1.29, 1.82) is 0 Å². The molecule has 0 saturated heterocycles. The molecule has 19 heavy (non-hydrogen) atoms. The van der Waals surface area contributed by atoms with Crippen LogP contribution in [0.5, 0.6) is 0 Å². The molecule has 0 spiro atoms. The Labute approximate surface area is 108 Å². The summed E-state index contributed by atoms with van der Waals surface area (Å²) in [4.78, 5) is 10.4. The van der Waals surface area contributed by atoms with E-state index in [4.69, 9.17) is 5.11 Å². The average molecular weight is 260 g/mol. The predicted octanol–water partition coefficient (Wildman–Crippen LogP) is 3.73. The number of benzene rings is 2. The highest BCUT2D eigenvalue weighted by atomic mass is 19.1. The Bertz CT molecular complexity index is 631. The minimum absolute atomic E-state index is 0.299. The van der Waals surface area contributed by atoms with Crippen molar-refractivity contribution in [2.45, 2.75) is 0 Å². The van der Waals surface area contributed by atoms with E-state index in [0.717, 1.165) is 6.08 Å². The Kier molecular flexibility index (Phi) is 3.71. The van der Waals surface area contributed by atoms with E-state index in [2.05, 4.69) is 0 Å². The fourth-order valence-electron chi connectivity index (χ4n) is 1.66. The van der Waals surface area contributed by atoms with Gasteiger partial charge in [0.05, 0.1) is 0 Å². The molecule has 0 aromatic heterocycles. The third kappa shape index (κ3) is 3.25. The minimum Gasteiger partial charge on any atom is -0.478 e. The van der Waals surface area contributed by atoms with E-state index < -0.39 is 17.6 Å². The Morgan fingerprint density at radius 2 is 1.74 bits per heavy atom. The molecule has 0 radical (unpaired) electrons. The number of rotatable bonds is 3. The van der Waals surface area contributed by atoms with Crippen LogP contribution >= 0.6 is 0 Å². The summed E-state index contributed by atoms with van der Waals surface area (Å²) in [6.07, 6.45) is 2.34. The molecule has 4 heteroatoms. The van der Waals surface area contributed by atoms with Gasteiger partial charge in [0, 0.05) is 11.6 Å². The highest BCUT2D eigenvalue weighted by Crippen LogP contribution is 2.24. The van der Waals surface area contributed by atoms with Gasteiger partial charge in [0.2, 0.25) is 0 Å². The summed E-state index contributed by atoms with van der Waals surface area (Å²) in [5.41, 5.74) is 1.39. The number of hydrogen-bond donors (Lipinski definition) is 1. The summed E-state index contributed by atoms with van der Waals surface area (Å²) in [5.74, 6) is -1.92. The molecule has 0 atom stereocenters. The largest absolute Gasteiger partial charge is 0.478 e. The smallest absolute Gasteiger partial charge is 0.328 e. The average Bonchev–Trinajstić information content (AvgIpc) is 2.39. The quantitative estimate of drug-likeness (QED) is 0.854. The lowest BCUT2D eigenvalue weighted by atomic mass is 10.0. The maximum atomic E-state index is 13.7. The van der Waals surface area contributed by atoms with Crippen LogP contribution in [0.15, 0.2) is 48.5 Å². The molecule has 0 unspecified atom stereocenters. The van der Waals surface area contributed by atoms with Crippen LogP contribution in [0.25, 0.3) is 17.2 Å². The summed E-state index contributed by atoms with van der Waals surface area (Å²) in [7, 11) is 0. The fraction of sp³-hybridized carbons (Fsp3) is 0. The standard InChI is InChI=1S/C15H10F2O2/c16-12-5-3-11(4-6-12)13-9-10(1-7-14(13)17)2-8-15(18)19/h1-9H,(H,18,19). The number of hydrogen-bond acceptors (Lipinski definition) is 1. The van der Waals surface area contributed by atoms with Gasteiger partial charge in [0.1, 0.15) is 11.6 Å². The molecule has 0 aliphatic rings. The first kappa shape index (κ1) is 13.0. The SMILES string of the molecule is O=C(O)C=Cc1ccc(F)c(-c2ccc(F)cc2)c1. The molecule has 0 bridgehead atoms. The summed E-state index contributed by atoms with van der Waals surface area (Å²) in [6, 6.07) is 9.67. The molecule has 96 valence electrons. The molecular formula is C15H10F2O2. The van der Waals surface area contributed by atoms with Crippen molar-refractivity contribution in [3.8, 4) is 11.1 Å². The molecule has 1 N–H and O–H groups in total. The number of carboxylic acid groups (broad SMARTS) is 1. The van der Waals surface area contributed by atoms with Crippen molar-refractivity contribution in [2.24, 2.45) is 0 Å².